The quantitative estimate of drug-likeness (QED) is 0.254. The smallest absolute Gasteiger partial charge is 0.270 e. The van der Waals surface area contributed by atoms with E-state index in [2.05, 4.69) is 27.9 Å². The predicted octanol–water partition coefficient (Wildman–Crippen LogP) is 4.49. The zero-order valence-electron chi connectivity index (χ0n) is 16.4. The number of methoxy groups -OCH3 is 1. The van der Waals surface area contributed by atoms with Crippen LogP contribution in [0.1, 0.15) is 18.1 Å². The molecule has 2 aromatic rings. The molecule has 1 saturated heterocycles. The molecule has 1 aliphatic rings. The van der Waals surface area contributed by atoms with Gasteiger partial charge in [0, 0.05) is 5.02 Å². The number of aryl methyl sites for hydroxylation is 1. The summed E-state index contributed by atoms with van der Waals surface area (Å²) >= 11 is 13.6. The maximum absolute atomic E-state index is 13.2. The normalized spacial score (nSPS) is 15.4. The summed E-state index contributed by atoms with van der Waals surface area (Å²) in [7, 11) is 1.53. The van der Waals surface area contributed by atoms with Crippen LogP contribution in [0.2, 0.25) is 5.02 Å². The first kappa shape index (κ1) is 22.5. The van der Waals surface area contributed by atoms with E-state index < -0.39 is 11.8 Å². The van der Waals surface area contributed by atoms with Gasteiger partial charge in [0.2, 0.25) is 0 Å². The van der Waals surface area contributed by atoms with E-state index in [0.29, 0.717) is 34.4 Å². The molecule has 1 aliphatic heterocycles. The molecular weight excluding hydrogens is 539 g/mol. The van der Waals surface area contributed by atoms with Crippen LogP contribution in [0.15, 0.2) is 35.9 Å². The number of anilines is 1. The lowest BCUT2D eigenvalue weighted by Gasteiger charge is -2.29. The predicted molar refractivity (Wildman–Crippen MR) is 129 cm³/mol. The minimum Gasteiger partial charge on any atom is -0.493 e. The topological polar surface area (TPSA) is 67.9 Å². The number of amides is 2. The van der Waals surface area contributed by atoms with Crippen LogP contribution >= 0.6 is 46.4 Å². The number of nitrogens with zero attached hydrogens (tertiary/aromatic N) is 1. The Hall–Kier alpha value is -2.17. The zero-order chi connectivity index (χ0) is 22.0. The molecule has 0 saturated carbocycles. The van der Waals surface area contributed by atoms with Crippen molar-refractivity contribution in [3.63, 3.8) is 0 Å². The molecule has 0 unspecified atom stereocenters. The number of hydrogen-bond donors (Lipinski definition) is 1. The van der Waals surface area contributed by atoms with Crippen molar-refractivity contribution < 1.29 is 19.1 Å². The van der Waals surface area contributed by atoms with E-state index in [1.54, 1.807) is 24.3 Å². The van der Waals surface area contributed by atoms with Crippen molar-refractivity contribution in [3.05, 3.63) is 55.6 Å². The summed E-state index contributed by atoms with van der Waals surface area (Å²) in [6.45, 7) is 4.22. The molecule has 1 fully saturated rings. The van der Waals surface area contributed by atoms with Gasteiger partial charge in [0.25, 0.3) is 11.8 Å². The average Bonchev–Trinajstić information content (AvgIpc) is 2.69. The molecule has 0 aromatic heterocycles. The summed E-state index contributed by atoms with van der Waals surface area (Å²) in [6.07, 6.45) is 1.50. The highest BCUT2D eigenvalue weighted by Crippen LogP contribution is 2.35. The van der Waals surface area contributed by atoms with Crippen LogP contribution in [0.4, 0.5) is 5.69 Å². The number of carbonyl (C=O) groups is 2. The molecule has 6 nitrogen and oxygen atoms in total. The highest BCUT2D eigenvalue weighted by molar-refractivity contribution is 14.1. The van der Waals surface area contributed by atoms with Crippen LogP contribution in [-0.4, -0.2) is 30.6 Å². The molecule has 0 aliphatic carbocycles. The van der Waals surface area contributed by atoms with Gasteiger partial charge >= 0.3 is 0 Å². The van der Waals surface area contributed by atoms with Gasteiger partial charge in [0.05, 0.1) is 23.0 Å². The van der Waals surface area contributed by atoms with Crippen LogP contribution in [0.25, 0.3) is 6.08 Å². The van der Waals surface area contributed by atoms with Gasteiger partial charge in [-0.3, -0.25) is 19.8 Å². The van der Waals surface area contributed by atoms with Crippen molar-refractivity contribution in [2.24, 2.45) is 0 Å². The number of hydrogen-bond acceptors (Lipinski definition) is 5. The van der Waals surface area contributed by atoms with Gasteiger partial charge in [-0.2, -0.15) is 0 Å². The Morgan fingerprint density at radius 3 is 2.63 bits per heavy atom. The number of thiocarbonyl (C=S) groups is 1. The third-order valence-corrected chi connectivity index (χ3v) is 5.86. The van der Waals surface area contributed by atoms with E-state index in [4.69, 9.17) is 33.3 Å². The molecular formula is C21H18ClIN2O4S. The number of carbonyl (C=O) groups excluding carboxylic acids is 2. The van der Waals surface area contributed by atoms with Gasteiger partial charge in [-0.25, -0.2) is 0 Å². The molecule has 1 heterocycles. The third kappa shape index (κ3) is 4.45. The van der Waals surface area contributed by atoms with Crippen molar-refractivity contribution >= 4 is 75.1 Å². The first-order valence-electron chi connectivity index (χ1n) is 8.94. The molecule has 0 spiro atoms. The number of halogens is 2. The van der Waals surface area contributed by atoms with Crippen molar-refractivity contribution in [1.82, 2.24) is 5.32 Å². The lowest BCUT2D eigenvalue weighted by atomic mass is 10.1. The molecule has 0 atom stereocenters. The zero-order valence-corrected chi connectivity index (χ0v) is 20.1. The SMILES string of the molecule is CCOc1c(I)cc(/C=C2/C(=O)NC(=S)N(c3ccc(C)c(Cl)c3)C2=O)cc1OC. The van der Waals surface area contributed by atoms with Gasteiger partial charge in [-0.05, 0) is 90.1 Å². The molecule has 3 rings (SSSR count). The largest absolute Gasteiger partial charge is 0.493 e. The first-order valence-corrected chi connectivity index (χ1v) is 10.8. The van der Waals surface area contributed by atoms with Gasteiger partial charge < -0.3 is 9.47 Å². The summed E-state index contributed by atoms with van der Waals surface area (Å²) in [4.78, 5) is 26.9. The van der Waals surface area contributed by atoms with Gasteiger partial charge in [0.1, 0.15) is 5.57 Å². The van der Waals surface area contributed by atoms with E-state index in [0.717, 1.165) is 9.13 Å². The molecule has 156 valence electrons. The molecule has 1 N–H and O–H groups in total. The second-order valence-corrected chi connectivity index (χ2v) is 8.31. The molecule has 0 radical (unpaired) electrons. The van der Waals surface area contributed by atoms with Crippen molar-refractivity contribution in [1.29, 1.82) is 0 Å². The Bertz CT molecular complexity index is 1090. The molecule has 2 amide bonds. The maximum Gasteiger partial charge on any atom is 0.270 e. The van der Waals surface area contributed by atoms with E-state index in [-0.39, 0.29) is 10.7 Å². The second kappa shape index (κ2) is 9.32. The monoisotopic (exact) mass is 556 g/mol. The van der Waals surface area contributed by atoms with E-state index in [1.165, 1.54) is 18.1 Å². The molecule has 0 bridgehead atoms. The second-order valence-electron chi connectivity index (χ2n) is 6.36. The Balaban J connectivity index is 2.04. The number of rotatable bonds is 5. The van der Waals surface area contributed by atoms with E-state index in [9.17, 15) is 9.59 Å². The molecule has 2 aromatic carbocycles. The fourth-order valence-electron chi connectivity index (χ4n) is 2.89. The van der Waals surface area contributed by atoms with Crippen molar-refractivity contribution in [2.45, 2.75) is 13.8 Å². The minimum absolute atomic E-state index is 0.000856. The molecule has 9 heteroatoms. The number of nitrogens with one attached hydrogen (secondary N) is 1. The fraction of sp³-hybridized carbons (Fsp3) is 0.190. The Morgan fingerprint density at radius 1 is 1.27 bits per heavy atom. The Kier molecular flexibility index (Phi) is 6.99. The van der Waals surface area contributed by atoms with Crippen LogP contribution in [0.3, 0.4) is 0 Å². The summed E-state index contributed by atoms with van der Waals surface area (Å²) < 4.78 is 11.8. The number of ether oxygens (including phenoxy) is 2. The van der Waals surface area contributed by atoms with Crippen LogP contribution < -0.4 is 19.7 Å². The lowest BCUT2D eigenvalue weighted by molar-refractivity contribution is -0.122. The van der Waals surface area contributed by atoms with Crippen LogP contribution in [-0.2, 0) is 9.59 Å². The summed E-state index contributed by atoms with van der Waals surface area (Å²) in [6, 6.07) is 8.66. The van der Waals surface area contributed by atoms with Gasteiger partial charge in [-0.15, -0.1) is 0 Å². The standard InChI is InChI=1S/C21H18ClIN2O4S/c1-4-29-18-16(23)8-12(9-17(18)28-3)7-14-19(26)24-21(30)25(20(14)27)13-6-5-11(2)15(22)10-13/h5-10H,4H2,1-3H3,(H,24,26,30)/b14-7-. The maximum atomic E-state index is 13.2. The van der Waals surface area contributed by atoms with Gasteiger partial charge in [-0.1, -0.05) is 17.7 Å². The fourth-order valence-corrected chi connectivity index (χ4v) is 4.12. The minimum atomic E-state index is -0.567. The van der Waals surface area contributed by atoms with Gasteiger partial charge in [0.15, 0.2) is 16.6 Å². The third-order valence-electron chi connectivity index (χ3n) is 4.37. The van der Waals surface area contributed by atoms with Crippen LogP contribution in [0.5, 0.6) is 11.5 Å². The summed E-state index contributed by atoms with van der Waals surface area (Å²) in [5.41, 5.74) is 1.91. The van der Waals surface area contributed by atoms with Crippen molar-refractivity contribution in [3.8, 4) is 11.5 Å². The Labute approximate surface area is 198 Å². The summed E-state index contributed by atoms with van der Waals surface area (Å²) in [5, 5.41) is 3.06. The number of benzene rings is 2. The van der Waals surface area contributed by atoms with Crippen LogP contribution in [0, 0.1) is 10.5 Å². The highest BCUT2D eigenvalue weighted by atomic mass is 127. The first-order chi connectivity index (χ1) is 14.3. The molecule has 30 heavy (non-hydrogen) atoms. The van der Waals surface area contributed by atoms with E-state index >= 15 is 0 Å². The van der Waals surface area contributed by atoms with E-state index in [1.807, 2.05) is 19.9 Å². The Morgan fingerprint density at radius 2 is 2.00 bits per heavy atom. The average molecular weight is 557 g/mol. The summed E-state index contributed by atoms with van der Waals surface area (Å²) in [5.74, 6) is 0.0186. The highest BCUT2D eigenvalue weighted by Gasteiger charge is 2.34. The lowest BCUT2D eigenvalue weighted by Crippen LogP contribution is -2.54. The van der Waals surface area contributed by atoms with Crippen molar-refractivity contribution in [2.75, 3.05) is 18.6 Å².